The van der Waals surface area contributed by atoms with E-state index in [1.54, 1.807) is 4.90 Å². The maximum absolute atomic E-state index is 12.1. The van der Waals surface area contributed by atoms with Crippen LogP contribution in [0.25, 0.3) is 10.9 Å². The molecule has 2 rings (SSSR count). The van der Waals surface area contributed by atoms with Crippen LogP contribution in [-0.2, 0) is 0 Å². The molecule has 0 aliphatic rings. The van der Waals surface area contributed by atoms with Gasteiger partial charge >= 0.3 is 25.0 Å². The van der Waals surface area contributed by atoms with Gasteiger partial charge in [-0.25, -0.2) is 4.79 Å². The van der Waals surface area contributed by atoms with E-state index in [9.17, 15) is 4.79 Å². The third-order valence-electron chi connectivity index (χ3n) is 5.24. The first-order valence-electron chi connectivity index (χ1n) is 8.61. The van der Waals surface area contributed by atoms with Crippen molar-refractivity contribution >= 4 is 25.2 Å². The molecule has 0 fully saturated rings. The van der Waals surface area contributed by atoms with Crippen molar-refractivity contribution in [2.45, 2.75) is 52.8 Å². The van der Waals surface area contributed by atoms with Gasteiger partial charge in [-0.3, -0.25) is 0 Å². The third kappa shape index (κ3) is 4.34. The van der Waals surface area contributed by atoms with Crippen LogP contribution in [0.3, 0.4) is 0 Å². The van der Waals surface area contributed by atoms with Crippen molar-refractivity contribution in [1.82, 2.24) is 9.13 Å². The van der Waals surface area contributed by atoms with E-state index in [4.69, 9.17) is 4.74 Å². The van der Waals surface area contributed by atoms with Gasteiger partial charge in [0.25, 0.3) is 0 Å². The van der Waals surface area contributed by atoms with Gasteiger partial charge in [-0.05, 0) is 25.0 Å². The summed E-state index contributed by atoms with van der Waals surface area (Å²) in [6, 6.07) is 9.15. The Kier molecular flexibility index (Phi) is 7.03. The Hall–Kier alpha value is -1.16. The maximum Gasteiger partial charge on any atom is 1.00 e. The van der Waals surface area contributed by atoms with Crippen LogP contribution in [0.2, 0.25) is 18.1 Å². The molecule has 132 valence electrons. The molecule has 0 unspecified atom stereocenters. The van der Waals surface area contributed by atoms with Crippen molar-refractivity contribution in [3.8, 4) is 5.75 Å². The van der Waals surface area contributed by atoms with Gasteiger partial charge in [-0.2, -0.15) is 11.5 Å². The second kappa shape index (κ2) is 8.03. The Morgan fingerprint density at radius 2 is 1.84 bits per heavy atom. The van der Waals surface area contributed by atoms with Gasteiger partial charge in [0.15, 0.2) is 0 Å². The van der Waals surface area contributed by atoms with E-state index in [0.717, 1.165) is 10.9 Å². The summed E-state index contributed by atoms with van der Waals surface area (Å²) in [5.74, 6) is 0.573. The summed E-state index contributed by atoms with van der Waals surface area (Å²) in [5.41, 5.74) is 1.16. The van der Waals surface area contributed by atoms with Crippen molar-refractivity contribution in [3.05, 3.63) is 30.5 Å². The Morgan fingerprint density at radius 3 is 2.36 bits per heavy atom. The number of fused-ring (bicyclic) bond motifs is 1. The zero-order valence-electron chi connectivity index (χ0n) is 16.9. The van der Waals surface area contributed by atoms with E-state index in [1.165, 1.54) is 0 Å². The monoisotopic (exact) mass is 352 g/mol. The molecule has 25 heavy (non-hydrogen) atoms. The summed E-state index contributed by atoms with van der Waals surface area (Å²) < 4.78 is 7.88. The number of nitrogens with zero attached hydrogens (tertiary/aromatic N) is 2. The summed E-state index contributed by atoms with van der Waals surface area (Å²) in [7, 11) is -1.70. The van der Waals surface area contributed by atoms with Crippen LogP contribution >= 0.6 is 0 Å². The number of carbonyl (C=O) groups excluding carboxylic acids is 1. The van der Waals surface area contributed by atoms with Crippen molar-refractivity contribution in [2.24, 2.45) is 0 Å². The zero-order chi connectivity index (χ0) is 18.1. The van der Waals surface area contributed by atoms with Gasteiger partial charge in [0.2, 0.25) is 0 Å². The van der Waals surface area contributed by atoms with Crippen molar-refractivity contribution < 1.29 is 28.4 Å². The zero-order valence-corrected chi connectivity index (χ0v) is 17.9. The van der Waals surface area contributed by atoms with E-state index in [-0.39, 0.29) is 30.0 Å². The number of hydrogen-bond acceptors (Lipinski definition) is 2. The summed E-state index contributed by atoms with van der Waals surface area (Å²) >= 11 is 0. The fourth-order valence-electron chi connectivity index (χ4n) is 2.58. The predicted octanol–water partition coefficient (Wildman–Crippen LogP) is 2.14. The molecule has 0 aliphatic heterocycles. The van der Waals surface area contributed by atoms with Crippen LogP contribution in [0, 0.1) is 6.07 Å². The molecule has 4 nitrogen and oxygen atoms in total. The number of benzene rings is 1. The number of rotatable bonds is 4. The van der Waals surface area contributed by atoms with E-state index in [0.29, 0.717) is 18.8 Å². The van der Waals surface area contributed by atoms with Crippen LogP contribution < -0.4 is 23.6 Å². The van der Waals surface area contributed by atoms with Crippen LogP contribution in [0.15, 0.2) is 24.4 Å². The standard InChI is InChI=1S/C19H29N2O2Si.Li/c1-8-20(9-2)18(22)23-16-10-11-17-15(14-16)12-13-21(17)24(6,7)19(3,4)5;/h10-11,13-14H,8-9H2,1-7H3;/q-1;+1. The second-order valence-corrected chi connectivity index (χ2v) is 12.8. The molecule has 0 N–H and O–H groups in total. The first-order valence-corrected chi connectivity index (χ1v) is 11.6. The van der Waals surface area contributed by atoms with Gasteiger partial charge in [0.1, 0.15) is 8.24 Å². The molecule has 1 aromatic heterocycles. The molecule has 0 radical (unpaired) electrons. The van der Waals surface area contributed by atoms with Crippen molar-refractivity contribution in [1.29, 1.82) is 0 Å². The van der Waals surface area contributed by atoms with E-state index < -0.39 is 8.24 Å². The molecule has 0 atom stereocenters. The molecule has 6 heteroatoms. The minimum Gasteiger partial charge on any atom is -0.438 e. The van der Waals surface area contributed by atoms with Crippen LogP contribution in [0.5, 0.6) is 5.75 Å². The molecule has 0 spiro atoms. The largest absolute Gasteiger partial charge is 1.00 e. The molecule has 2 aromatic rings. The number of ether oxygens (including phenoxy) is 1. The third-order valence-corrected chi connectivity index (χ3v) is 10.5. The number of hydrogen-bond donors (Lipinski definition) is 0. The fraction of sp³-hybridized carbons (Fsp3) is 0.526. The van der Waals surface area contributed by atoms with E-state index in [1.807, 2.05) is 32.0 Å². The summed E-state index contributed by atoms with van der Waals surface area (Å²) in [6.07, 6.45) is 1.75. The predicted molar refractivity (Wildman–Crippen MR) is 102 cm³/mol. The minimum atomic E-state index is -1.70. The number of aromatic nitrogens is 1. The second-order valence-electron chi connectivity index (χ2n) is 7.67. The van der Waals surface area contributed by atoms with Crippen LogP contribution in [0.1, 0.15) is 34.6 Å². The minimum absolute atomic E-state index is 0. The SMILES string of the molecule is CCN(CC)C(=O)Oc1ccc2c([c-]cn2[Si](C)(C)C(C)(C)C)c1.[Li+]. The topological polar surface area (TPSA) is 34.5 Å². The maximum atomic E-state index is 12.1. The summed E-state index contributed by atoms with van der Waals surface area (Å²) in [6.45, 7) is 16.8. The normalized spacial score (nSPS) is 12.0. The molecule has 0 saturated heterocycles. The fourth-order valence-corrected chi connectivity index (χ4v) is 4.49. The molecule has 1 amide bonds. The van der Waals surface area contributed by atoms with Crippen molar-refractivity contribution in [2.75, 3.05) is 13.1 Å². The average molecular weight is 352 g/mol. The van der Waals surface area contributed by atoms with Gasteiger partial charge < -0.3 is 13.9 Å². The molecule has 0 aliphatic carbocycles. The van der Waals surface area contributed by atoms with Crippen molar-refractivity contribution in [3.63, 3.8) is 0 Å². The van der Waals surface area contributed by atoms with Gasteiger partial charge in [-0.1, -0.05) is 51.6 Å². The smallest absolute Gasteiger partial charge is 0.438 e. The Labute approximate surface area is 164 Å². The Bertz CT molecular complexity index is 731. The first-order chi connectivity index (χ1) is 11.1. The van der Waals surface area contributed by atoms with E-state index in [2.05, 4.69) is 50.4 Å². The molecule has 0 saturated carbocycles. The Balaban J connectivity index is 0.00000312. The number of amides is 1. The molecular weight excluding hydrogens is 323 g/mol. The molecule has 0 bridgehead atoms. The van der Waals surface area contributed by atoms with Gasteiger partial charge in [0, 0.05) is 13.1 Å². The average Bonchev–Trinajstić information content (AvgIpc) is 2.91. The van der Waals surface area contributed by atoms with Gasteiger partial charge in [-0.15, -0.1) is 6.07 Å². The molecular formula is C19H29LiN2O2Si. The number of carbonyl (C=O) groups is 1. The summed E-state index contributed by atoms with van der Waals surface area (Å²) in [5, 5.41) is 1.23. The first kappa shape index (κ1) is 21.9. The van der Waals surface area contributed by atoms with Gasteiger partial charge in [0.05, 0.1) is 5.75 Å². The van der Waals surface area contributed by atoms with Crippen LogP contribution in [-0.4, -0.2) is 36.6 Å². The molecule has 1 heterocycles. The quantitative estimate of drug-likeness (QED) is 0.624. The Morgan fingerprint density at radius 1 is 1.24 bits per heavy atom. The van der Waals surface area contributed by atoms with E-state index >= 15 is 0 Å². The molecule has 1 aromatic carbocycles. The van der Waals surface area contributed by atoms with Crippen LogP contribution in [0.4, 0.5) is 4.79 Å². The summed E-state index contributed by atoms with van der Waals surface area (Å²) in [4.78, 5) is 13.8.